The van der Waals surface area contributed by atoms with Crippen molar-refractivity contribution < 1.29 is 9.90 Å². The molecule has 0 aliphatic carbocycles. The van der Waals surface area contributed by atoms with E-state index in [-0.39, 0.29) is 12.5 Å². The van der Waals surface area contributed by atoms with Gasteiger partial charge in [0.2, 0.25) is 5.91 Å². The van der Waals surface area contributed by atoms with Gasteiger partial charge in [0.1, 0.15) is 5.65 Å². The maximum atomic E-state index is 11.6. The number of amides is 1. The van der Waals surface area contributed by atoms with Gasteiger partial charge in [-0.25, -0.2) is 4.98 Å². The van der Waals surface area contributed by atoms with Gasteiger partial charge in [-0.05, 0) is 41.4 Å². The molecule has 0 bridgehead atoms. The number of carbonyl (C=O) groups excluding carboxylic acids is 1. The second-order valence-corrected chi connectivity index (χ2v) is 5.26. The number of aryl methyl sites for hydroxylation is 1. The number of imidazole rings is 1. The van der Waals surface area contributed by atoms with Crippen molar-refractivity contribution in [3.8, 4) is 0 Å². The third-order valence-corrected chi connectivity index (χ3v) is 3.38. The van der Waals surface area contributed by atoms with Crippen LogP contribution in [-0.4, -0.2) is 33.0 Å². The molecule has 0 unspecified atom stereocenters. The second kappa shape index (κ2) is 6.16. The fourth-order valence-electron chi connectivity index (χ4n) is 1.82. The van der Waals surface area contributed by atoms with Crippen LogP contribution in [0.25, 0.3) is 5.65 Å². The lowest BCUT2D eigenvalue weighted by molar-refractivity contribution is -0.121. The van der Waals surface area contributed by atoms with E-state index in [4.69, 9.17) is 5.11 Å². The van der Waals surface area contributed by atoms with Crippen molar-refractivity contribution in [1.82, 2.24) is 14.7 Å². The molecule has 5 nitrogen and oxygen atoms in total. The van der Waals surface area contributed by atoms with Gasteiger partial charge in [0.15, 0.2) is 0 Å². The van der Waals surface area contributed by atoms with E-state index < -0.39 is 6.10 Å². The molecule has 2 N–H and O–H groups in total. The number of rotatable bonds is 5. The van der Waals surface area contributed by atoms with Crippen LogP contribution in [0.5, 0.6) is 0 Å². The summed E-state index contributed by atoms with van der Waals surface area (Å²) in [6.07, 6.45) is 2.24. The minimum Gasteiger partial charge on any atom is -0.392 e. The van der Waals surface area contributed by atoms with Gasteiger partial charge < -0.3 is 10.4 Å². The zero-order valence-corrected chi connectivity index (χ0v) is 12.2. The molecule has 2 heterocycles. The predicted molar refractivity (Wildman–Crippen MR) is 75.9 cm³/mol. The molecule has 0 aliphatic heterocycles. The highest BCUT2D eigenvalue weighted by Gasteiger charge is 2.09. The van der Waals surface area contributed by atoms with Crippen LogP contribution in [0.1, 0.15) is 19.0 Å². The van der Waals surface area contributed by atoms with Crippen LogP contribution in [-0.2, 0) is 11.2 Å². The topological polar surface area (TPSA) is 66.6 Å². The molecule has 102 valence electrons. The number of hydrogen-bond acceptors (Lipinski definition) is 3. The molecular weight excluding hydrogens is 310 g/mol. The molecule has 0 spiro atoms. The Balaban J connectivity index is 2.00. The predicted octanol–water partition coefficient (Wildman–Crippen LogP) is 1.53. The van der Waals surface area contributed by atoms with Gasteiger partial charge in [-0.1, -0.05) is 6.07 Å². The van der Waals surface area contributed by atoms with Crippen molar-refractivity contribution in [2.45, 2.75) is 25.9 Å². The lowest BCUT2D eigenvalue weighted by Crippen LogP contribution is -2.30. The average molecular weight is 326 g/mol. The van der Waals surface area contributed by atoms with Crippen molar-refractivity contribution in [3.63, 3.8) is 0 Å². The molecule has 0 fully saturated rings. The SMILES string of the molecule is C[C@H](O)CNC(=O)CCc1cnc2cccc(Br)n12. The van der Waals surface area contributed by atoms with E-state index in [1.807, 2.05) is 22.6 Å². The van der Waals surface area contributed by atoms with Gasteiger partial charge in [-0.15, -0.1) is 0 Å². The van der Waals surface area contributed by atoms with Crippen LogP contribution in [0, 0.1) is 0 Å². The van der Waals surface area contributed by atoms with E-state index >= 15 is 0 Å². The minimum absolute atomic E-state index is 0.0668. The van der Waals surface area contributed by atoms with Gasteiger partial charge in [0.05, 0.1) is 10.7 Å². The fraction of sp³-hybridized carbons (Fsp3) is 0.385. The Morgan fingerprint density at radius 1 is 1.58 bits per heavy atom. The summed E-state index contributed by atoms with van der Waals surface area (Å²) in [6, 6.07) is 5.78. The summed E-state index contributed by atoms with van der Waals surface area (Å²) in [5, 5.41) is 11.8. The largest absolute Gasteiger partial charge is 0.392 e. The normalized spacial score (nSPS) is 12.6. The molecule has 2 rings (SSSR count). The molecule has 0 saturated heterocycles. The molecule has 0 saturated carbocycles. The highest BCUT2D eigenvalue weighted by atomic mass is 79.9. The Morgan fingerprint density at radius 3 is 3.11 bits per heavy atom. The lowest BCUT2D eigenvalue weighted by Gasteiger charge is -2.07. The van der Waals surface area contributed by atoms with Gasteiger partial charge in [0.25, 0.3) is 0 Å². The Morgan fingerprint density at radius 2 is 2.37 bits per heavy atom. The van der Waals surface area contributed by atoms with E-state index in [0.717, 1.165) is 15.9 Å². The third-order valence-electron chi connectivity index (χ3n) is 2.76. The summed E-state index contributed by atoms with van der Waals surface area (Å²) >= 11 is 3.47. The number of pyridine rings is 1. The van der Waals surface area contributed by atoms with Crippen molar-refractivity contribution in [2.75, 3.05) is 6.54 Å². The molecule has 2 aromatic heterocycles. The van der Waals surface area contributed by atoms with E-state index in [0.29, 0.717) is 12.8 Å². The van der Waals surface area contributed by atoms with Gasteiger partial charge in [0, 0.05) is 24.9 Å². The van der Waals surface area contributed by atoms with Gasteiger partial charge >= 0.3 is 0 Å². The van der Waals surface area contributed by atoms with Crippen LogP contribution in [0.3, 0.4) is 0 Å². The van der Waals surface area contributed by atoms with E-state index in [1.54, 1.807) is 13.1 Å². The number of nitrogens with zero attached hydrogens (tertiary/aromatic N) is 2. The fourth-order valence-corrected chi connectivity index (χ4v) is 2.39. The van der Waals surface area contributed by atoms with Gasteiger partial charge in [-0.2, -0.15) is 0 Å². The molecule has 0 aromatic carbocycles. The van der Waals surface area contributed by atoms with Crippen molar-refractivity contribution in [1.29, 1.82) is 0 Å². The van der Waals surface area contributed by atoms with Crippen molar-refractivity contribution in [3.05, 3.63) is 34.7 Å². The Kier molecular flexibility index (Phi) is 4.55. The summed E-state index contributed by atoms with van der Waals surface area (Å²) in [5.41, 5.74) is 1.84. The van der Waals surface area contributed by atoms with Crippen LogP contribution >= 0.6 is 15.9 Å². The quantitative estimate of drug-likeness (QED) is 0.819. The first-order valence-electron chi connectivity index (χ1n) is 6.13. The maximum absolute atomic E-state index is 11.6. The summed E-state index contributed by atoms with van der Waals surface area (Å²) < 4.78 is 2.89. The van der Waals surface area contributed by atoms with Crippen LogP contribution in [0.2, 0.25) is 0 Å². The monoisotopic (exact) mass is 325 g/mol. The van der Waals surface area contributed by atoms with Crippen molar-refractivity contribution >= 4 is 27.5 Å². The molecule has 0 radical (unpaired) electrons. The lowest BCUT2D eigenvalue weighted by atomic mass is 10.2. The van der Waals surface area contributed by atoms with Crippen LogP contribution < -0.4 is 5.32 Å². The Hall–Kier alpha value is -1.40. The highest BCUT2D eigenvalue weighted by Crippen LogP contribution is 2.16. The number of aliphatic hydroxyl groups is 1. The number of aliphatic hydroxyl groups excluding tert-OH is 1. The number of carbonyl (C=O) groups is 1. The molecule has 1 amide bonds. The zero-order valence-electron chi connectivity index (χ0n) is 10.6. The average Bonchev–Trinajstić information content (AvgIpc) is 2.78. The Labute approximate surface area is 119 Å². The molecular formula is C13H16BrN3O2. The molecule has 6 heteroatoms. The maximum Gasteiger partial charge on any atom is 0.220 e. The highest BCUT2D eigenvalue weighted by molar-refractivity contribution is 9.10. The standard InChI is InChI=1S/C13H16BrN3O2/c1-9(18)7-16-13(19)6-5-10-8-15-12-4-2-3-11(14)17(10)12/h2-4,8-9,18H,5-7H2,1H3,(H,16,19)/t9-/m0/s1. The number of hydrogen-bond donors (Lipinski definition) is 2. The summed E-state index contributed by atoms with van der Waals surface area (Å²) in [4.78, 5) is 15.9. The summed E-state index contributed by atoms with van der Waals surface area (Å²) in [6.45, 7) is 1.93. The first kappa shape index (κ1) is 14.0. The smallest absolute Gasteiger partial charge is 0.220 e. The second-order valence-electron chi connectivity index (χ2n) is 4.44. The first-order chi connectivity index (χ1) is 9.08. The van der Waals surface area contributed by atoms with Crippen LogP contribution in [0.4, 0.5) is 0 Å². The minimum atomic E-state index is -0.520. The van der Waals surface area contributed by atoms with Gasteiger partial charge in [-0.3, -0.25) is 9.20 Å². The number of nitrogens with one attached hydrogen (secondary N) is 1. The van der Waals surface area contributed by atoms with E-state index in [2.05, 4.69) is 26.2 Å². The third kappa shape index (κ3) is 3.54. The van der Waals surface area contributed by atoms with Crippen LogP contribution in [0.15, 0.2) is 29.0 Å². The zero-order chi connectivity index (χ0) is 13.8. The molecule has 0 aliphatic rings. The van der Waals surface area contributed by atoms with E-state index in [9.17, 15) is 4.79 Å². The number of aromatic nitrogens is 2. The number of fused-ring (bicyclic) bond motifs is 1. The molecule has 1 atom stereocenters. The van der Waals surface area contributed by atoms with E-state index in [1.165, 1.54) is 0 Å². The Bertz CT molecular complexity index is 580. The summed E-state index contributed by atoms with van der Waals surface area (Å²) in [5.74, 6) is -0.0668. The molecule has 2 aromatic rings. The molecule has 19 heavy (non-hydrogen) atoms. The van der Waals surface area contributed by atoms with Crippen molar-refractivity contribution in [2.24, 2.45) is 0 Å². The first-order valence-corrected chi connectivity index (χ1v) is 6.93. The summed E-state index contributed by atoms with van der Waals surface area (Å²) in [7, 11) is 0. The number of halogens is 1.